The fraction of sp³-hybridized carbons (Fsp3) is 0.350. The van der Waals surface area contributed by atoms with Gasteiger partial charge in [-0.15, -0.1) is 0 Å². The molecule has 1 aliphatic heterocycles. The van der Waals surface area contributed by atoms with Gasteiger partial charge in [0.25, 0.3) is 0 Å². The van der Waals surface area contributed by atoms with Crippen molar-refractivity contribution in [1.29, 1.82) is 0 Å². The molecule has 0 radical (unpaired) electrons. The van der Waals surface area contributed by atoms with E-state index in [0.717, 1.165) is 37.1 Å². The standard InChI is InChI=1S/C20H23NO/c22-20(21-15-9-1-2-10-16-21)19(17-11-5-3-6-12-17)18-13-7-4-8-14-18/h3-8,11-14,19H,1-2,9-10,15-16H2. The molecule has 0 bridgehead atoms. The summed E-state index contributed by atoms with van der Waals surface area (Å²) in [5.74, 6) is 0.0693. The van der Waals surface area contributed by atoms with Crippen LogP contribution in [0.2, 0.25) is 0 Å². The molecule has 0 aromatic heterocycles. The zero-order valence-electron chi connectivity index (χ0n) is 12.9. The highest BCUT2D eigenvalue weighted by Crippen LogP contribution is 2.27. The molecular weight excluding hydrogens is 270 g/mol. The molecule has 0 spiro atoms. The summed E-state index contributed by atoms with van der Waals surface area (Å²) in [6.07, 6.45) is 4.74. The van der Waals surface area contributed by atoms with E-state index in [1.807, 2.05) is 36.4 Å². The van der Waals surface area contributed by atoms with Crippen LogP contribution in [0, 0.1) is 0 Å². The van der Waals surface area contributed by atoms with Crippen LogP contribution in [0.25, 0.3) is 0 Å². The lowest BCUT2D eigenvalue weighted by molar-refractivity contribution is -0.131. The Morgan fingerprint density at radius 1 is 0.727 bits per heavy atom. The van der Waals surface area contributed by atoms with E-state index in [0.29, 0.717) is 0 Å². The Balaban J connectivity index is 1.93. The zero-order chi connectivity index (χ0) is 15.2. The molecule has 2 aromatic rings. The summed E-state index contributed by atoms with van der Waals surface area (Å²) >= 11 is 0. The number of rotatable bonds is 3. The fourth-order valence-electron chi connectivity index (χ4n) is 3.24. The molecule has 2 heteroatoms. The molecule has 3 rings (SSSR count). The maximum absolute atomic E-state index is 13.2. The van der Waals surface area contributed by atoms with Gasteiger partial charge in [-0.2, -0.15) is 0 Å². The predicted octanol–water partition coefficient (Wildman–Crippen LogP) is 4.22. The van der Waals surface area contributed by atoms with E-state index in [9.17, 15) is 4.79 Å². The topological polar surface area (TPSA) is 20.3 Å². The summed E-state index contributed by atoms with van der Waals surface area (Å²) in [7, 11) is 0. The smallest absolute Gasteiger partial charge is 0.234 e. The van der Waals surface area contributed by atoms with Gasteiger partial charge < -0.3 is 4.90 Å². The van der Waals surface area contributed by atoms with Gasteiger partial charge in [0.2, 0.25) is 5.91 Å². The van der Waals surface area contributed by atoms with Crippen molar-refractivity contribution in [2.75, 3.05) is 13.1 Å². The van der Waals surface area contributed by atoms with Gasteiger partial charge in [-0.1, -0.05) is 73.5 Å². The van der Waals surface area contributed by atoms with E-state index >= 15 is 0 Å². The largest absolute Gasteiger partial charge is 0.342 e. The lowest BCUT2D eigenvalue weighted by Crippen LogP contribution is -2.36. The van der Waals surface area contributed by atoms with E-state index < -0.39 is 0 Å². The van der Waals surface area contributed by atoms with Crippen LogP contribution in [0.1, 0.15) is 42.7 Å². The van der Waals surface area contributed by atoms with Crippen LogP contribution in [0.15, 0.2) is 60.7 Å². The molecule has 1 amide bonds. The second-order valence-corrected chi connectivity index (χ2v) is 5.99. The summed E-state index contributed by atoms with van der Waals surface area (Å²) < 4.78 is 0. The maximum Gasteiger partial charge on any atom is 0.234 e. The van der Waals surface area contributed by atoms with Gasteiger partial charge in [0.05, 0.1) is 5.92 Å². The van der Waals surface area contributed by atoms with Gasteiger partial charge in [0.15, 0.2) is 0 Å². The number of nitrogens with zero attached hydrogens (tertiary/aromatic N) is 1. The van der Waals surface area contributed by atoms with Gasteiger partial charge in [-0.25, -0.2) is 0 Å². The molecule has 1 saturated heterocycles. The minimum atomic E-state index is -0.180. The first-order valence-electron chi connectivity index (χ1n) is 8.25. The molecule has 1 heterocycles. The van der Waals surface area contributed by atoms with Crippen LogP contribution in [-0.4, -0.2) is 23.9 Å². The third-order valence-corrected chi connectivity index (χ3v) is 4.43. The van der Waals surface area contributed by atoms with Crippen molar-refractivity contribution in [3.8, 4) is 0 Å². The first-order chi connectivity index (χ1) is 10.9. The van der Waals surface area contributed by atoms with Gasteiger partial charge >= 0.3 is 0 Å². The van der Waals surface area contributed by atoms with Crippen molar-refractivity contribution < 1.29 is 4.79 Å². The number of carbonyl (C=O) groups is 1. The number of benzene rings is 2. The summed E-state index contributed by atoms with van der Waals surface area (Å²) in [6, 6.07) is 20.3. The number of hydrogen-bond acceptors (Lipinski definition) is 1. The molecule has 1 fully saturated rings. The molecule has 0 N–H and O–H groups in total. The molecule has 2 nitrogen and oxygen atoms in total. The normalized spacial score (nSPS) is 15.6. The Labute approximate surface area is 132 Å². The molecular formula is C20H23NO. The quantitative estimate of drug-likeness (QED) is 0.829. The molecule has 2 aromatic carbocycles. The Hall–Kier alpha value is -2.09. The number of likely N-dealkylation sites (tertiary alicyclic amines) is 1. The van der Waals surface area contributed by atoms with Crippen LogP contribution < -0.4 is 0 Å². The Morgan fingerprint density at radius 3 is 1.64 bits per heavy atom. The van der Waals surface area contributed by atoms with Gasteiger partial charge in [0, 0.05) is 13.1 Å². The second-order valence-electron chi connectivity index (χ2n) is 5.99. The highest BCUT2D eigenvalue weighted by molar-refractivity contribution is 5.87. The van der Waals surface area contributed by atoms with Crippen molar-refractivity contribution in [2.24, 2.45) is 0 Å². The summed E-state index contributed by atoms with van der Waals surface area (Å²) in [6.45, 7) is 1.80. The minimum absolute atomic E-state index is 0.180. The summed E-state index contributed by atoms with van der Waals surface area (Å²) in [4.78, 5) is 15.2. The second kappa shape index (κ2) is 7.26. The van der Waals surface area contributed by atoms with E-state index in [4.69, 9.17) is 0 Å². The van der Waals surface area contributed by atoms with Crippen LogP contribution >= 0.6 is 0 Å². The maximum atomic E-state index is 13.2. The van der Waals surface area contributed by atoms with Crippen LogP contribution in [-0.2, 0) is 4.79 Å². The average molecular weight is 293 g/mol. The molecule has 0 aliphatic carbocycles. The van der Waals surface area contributed by atoms with E-state index in [-0.39, 0.29) is 11.8 Å². The average Bonchev–Trinajstić information content (AvgIpc) is 2.86. The highest BCUT2D eigenvalue weighted by atomic mass is 16.2. The lowest BCUT2D eigenvalue weighted by atomic mass is 9.90. The first kappa shape index (κ1) is 14.8. The van der Waals surface area contributed by atoms with E-state index in [2.05, 4.69) is 29.2 Å². The summed E-state index contributed by atoms with van der Waals surface area (Å²) in [5.41, 5.74) is 2.17. The van der Waals surface area contributed by atoms with Crippen molar-refractivity contribution >= 4 is 5.91 Å². The lowest BCUT2D eigenvalue weighted by Gasteiger charge is -2.27. The van der Waals surface area contributed by atoms with Crippen LogP contribution in [0.3, 0.4) is 0 Å². The number of hydrogen-bond donors (Lipinski definition) is 0. The molecule has 0 atom stereocenters. The van der Waals surface area contributed by atoms with E-state index in [1.54, 1.807) is 0 Å². The SMILES string of the molecule is O=C(C(c1ccccc1)c1ccccc1)N1CCCCCC1. The number of amides is 1. The molecule has 22 heavy (non-hydrogen) atoms. The molecule has 114 valence electrons. The molecule has 1 aliphatic rings. The zero-order valence-corrected chi connectivity index (χ0v) is 12.9. The van der Waals surface area contributed by atoms with Crippen molar-refractivity contribution in [2.45, 2.75) is 31.6 Å². The molecule has 0 saturated carbocycles. The Kier molecular flexibility index (Phi) is 4.89. The minimum Gasteiger partial charge on any atom is -0.342 e. The van der Waals surface area contributed by atoms with Crippen molar-refractivity contribution in [3.63, 3.8) is 0 Å². The Morgan fingerprint density at radius 2 is 1.18 bits per heavy atom. The Bertz CT molecular complexity index is 546. The monoisotopic (exact) mass is 293 g/mol. The fourth-order valence-corrected chi connectivity index (χ4v) is 3.24. The summed E-state index contributed by atoms with van der Waals surface area (Å²) in [5, 5.41) is 0. The van der Waals surface area contributed by atoms with Crippen molar-refractivity contribution in [3.05, 3.63) is 71.8 Å². The van der Waals surface area contributed by atoms with Gasteiger partial charge in [0.1, 0.15) is 0 Å². The van der Waals surface area contributed by atoms with Crippen LogP contribution in [0.5, 0.6) is 0 Å². The predicted molar refractivity (Wildman–Crippen MR) is 89.8 cm³/mol. The van der Waals surface area contributed by atoms with Crippen LogP contribution in [0.4, 0.5) is 0 Å². The van der Waals surface area contributed by atoms with Gasteiger partial charge in [-0.05, 0) is 24.0 Å². The number of carbonyl (C=O) groups excluding carboxylic acids is 1. The van der Waals surface area contributed by atoms with Crippen molar-refractivity contribution in [1.82, 2.24) is 4.90 Å². The molecule has 0 unspecified atom stereocenters. The first-order valence-corrected chi connectivity index (χ1v) is 8.25. The highest BCUT2D eigenvalue weighted by Gasteiger charge is 2.27. The third-order valence-electron chi connectivity index (χ3n) is 4.43. The van der Waals surface area contributed by atoms with E-state index in [1.165, 1.54) is 12.8 Å². The van der Waals surface area contributed by atoms with Gasteiger partial charge in [-0.3, -0.25) is 4.79 Å². The third kappa shape index (κ3) is 3.38.